The van der Waals surface area contributed by atoms with Crippen LogP contribution in [0.4, 0.5) is 0 Å². The predicted molar refractivity (Wildman–Crippen MR) is 84.9 cm³/mol. The number of piperidine rings is 1. The second-order valence-electron chi connectivity index (χ2n) is 5.72. The zero-order valence-corrected chi connectivity index (χ0v) is 12.8. The van der Waals surface area contributed by atoms with Crippen LogP contribution >= 0.6 is 0 Å². The molecule has 1 fully saturated rings. The normalized spacial score (nSPS) is 17.0. The van der Waals surface area contributed by atoms with Crippen LogP contribution in [0.25, 0.3) is 10.9 Å². The number of benzene rings is 1. The van der Waals surface area contributed by atoms with E-state index in [4.69, 9.17) is 4.74 Å². The number of rotatable bonds is 5. The molecule has 22 heavy (non-hydrogen) atoms. The number of carbonyl (C=O) groups is 1. The highest BCUT2D eigenvalue weighted by atomic mass is 16.5. The largest absolute Gasteiger partial charge is 0.383 e. The molecule has 1 aromatic heterocycles. The molecule has 1 amide bonds. The Kier molecular flexibility index (Phi) is 4.70. The van der Waals surface area contributed by atoms with Crippen LogP contribution in [0.1, 0.15) is 23.2 Å². The van der Waals surface area contributed by atoms with Crippen molar-refractivity contribution in [3.05, 3.63) is 30.0 Å². The Hall–Kier alpha value is -1.92. The van der Waals surface area contributed by atoms with E-state index in [0.717, 1.165) is 50.0 Å². The first kappa shape index (κ1) is 15.0. The summed E-state index contributed by atoms with van der Waals surface area (Å²) in [5.74, 6) is -0.0117. The zero-order chi connectivity index (χ0) is 15.4. The van der Waals surface area contributed by atoms with E-state index in [2.05, 4.69) is 20.4 Å². The van der Waals surface area contributed by atoms with Gasteiger partial charge < -0.3 is 15.0 Å². The average molecular weight is 302 g/mol. The van der Waals surface area contributed by atoms with Gasteiger partial charge in [-0.1, -0.05) is 6.07 Å². The number of fused-ring (bicyclic) bond motifs is 1. The number of methoxy groups -OCH3 is 1. The summed E-state index contributed by atoms with van der Waals surface area (Å²) in [4.78, 5) is 14.9. The molecule has 1 aliphatic rings. The monoisotopic (exact) mass is 302 g/mol. The van der Waals surface area contributed by atoms with E-state index in [0.29, 0.717) is 5.56 Å². The Morgan fingerprint density at radius 2 is 2.27 bits per heavy atom. The maximum Gasteiger partial charge on any atom is 0.252 e. The van der Waals surface area contributed by atoms with Crippen molar-refractivity contribution >= 4 is 16.8 Å². The molecule has 6 nitrogen and oxygen atoms in total. The lowest BCUT2D eigenvalue weighted by molar-refractivity contribution is 0.0894. The van der Waals surface area contributed by atoms with Crippen LogP contribution in [0, 0.1) is 0 Å². The molecule has 1 saturated heterocycles. The van der Waals surface area contributed by atoms with Gasteiger partial charge >= 0.3 is 0 Å². The van der Waals surface area contributed by atoms with Gasteiger partial charge in [0.25, 0.3) is 5.91 Å². The van der Waals surface area contributed by atoms with Gasteiger partial charge in [-0.2, -0.15) is 5.10 Å². The minimum atomic E-state index is -0.0117. The first-order valence-electron chi connectivity index (χ1n) is 7.72. The summed E-state index contributed by atoms with van der Waals surface area (Å²) >= 11 is 0. The fraction of sp³-hybridized carbons (Fsp3) is 0.500. The molecule has 2 heterocycles. The van der Waals surface area contributed by atoms with Crippen molar-refractivity contribution in [1.29, 1.82) is 0 Å². The first-order chi connectivity index (χ1) is 10.8. The molecule has 0 aliphatic carbocycles. The molecule has 0 unspecified atom stereocenters. The van der Waals surface area contributed by atoms with Gasteiger partial charge in [0.05, 0.1) is 23.9 Å². The van der Waals surface area contributed by atoms with Gasteiger partial charge in [0.2, 0.25) is 0 Å². The maximum atomic E-state index is 12.5. The maximum absolute atomic E-state index is 12.5. The molecule has 0 spiro atoms. The molecular weight excluding hydrogens is 280 g/mol. The van der Waals surface area contributed by atoms with E-state index < -0.39 is 0 Å². The fourth-order valence-electron chi connectivity index (χ4n) is 2.95. The molecule has 6 heteroatoms. The number of carbonyl (C=O) groups excluding carboxylic acids is 1. The number of likely N-dealkylation sites (tertiary alicyclic amines) is 1. The SMILES string of the molecule is COCCN1CCC(NC(=O)c2cccc3[nH]ncc23)CC1. The highest BCUT2D eigenvalue weighted by Crippen LogP contribution is 2.17. The minimum absolute atomic E-state index is 0.0117. The van der Waals surface area contributed by atoms with Gasteiger partial charge in [-0.25, -0.2) is 0 Å². The summed E-state index contributed by atoms with van der Waals surface area (Å²) < 4.78 is 5.11. The number of amides is 1. The molecule has 3 rings (SSSR count). The first-order valence-corrected chi connectivity index (χ1v) is 7.72. The molecule has 0 saturated carbocycles. The smallest absolute Gasteiger partial charge is 0.252 e. The van der Waals surface area contributed by atoms with E-state index >= 15 is 0 Å². The van der Waals surface area contributed by atoms with Crippen LogP contribution in [-0.2, 0) is 4.74 Å². The highest BCUT2D eigenvalue weighted by molar-refractivity contribution is 6.06. The van der Waals surface area contributed by atoms with Crippen LogP contribution in [-0.4, -0.2) is 60.4 Å². The van der Waals surface area contributed by atoms with Crippen molar-refractivity contribution < 1.29 is 9.53 Å². The van der Waals surface area contributed by atoms with E-state index in [1.807, 2.05) is 18.2 Å². The van der Waals surface area contributed by atoms with Crippen LogP contribution in [0.3, 0.4) is 0 Å². The number of ether oxygens (including phenoxy) is 1. The summed E-state index contributed by atoms with van der Waals surface area (Å²) in [7, 11) is 1.73. The lowest BCUT2D eigenvalue weighted by Crippen LogP contribution is -2.45. The Morgan fingerprint density at radius 1 is 1.45 bits per heavy atom. The van der Waals surface area contributed by atoms with E-state index in [-0.39, 0.29) is 11.9 Å². The van der Waals surface area contributed by atoms with E-state index in [1.54, 1.807) is 13.3 Å². The summed E-state index contributed by atoms with van der Waals surface area (Å²) in [6, 6.07) is 5.89. The van der Waals surface area contributed by atoms with Crippen molar-refractivity contribution in [2.24, 2.45) is 0 Å². The summed E-state index contributed by atoms with van der Waals surface area (Å²) in [5.41, 5.74) is 1.58. The Balaban J connectivity index is 1.58. The molecule has 1 aliphatic heterocycles. The number of nitrogens with one attached hydrogen (secondary N) is 2. The summed E-state index contributed by atoms with van der Waals surface area (Å²) in [6.07, 6.45) is 3.67. The number of hydrogen-bond acceptors (Lipinski definition) is 4. The third-order valence-electron chi connectivity index (χ3n) is 4.26. The van der Waals surface area contributed by atoms with Crippen molar-refractivity contribution in [2.75, 3.05) is 33.4 Å². The second kappa shape index (κ2) is 6.89. The number of aromatic amines is 1. The fourth-order valence-corrected chi connectivity index (χ4v) is 2.95. The number of hydrogen-bond donors (Lipinski definition) is 2. The van der Waals surface area contributed by atoms with Gasteiger partial charge in [0.15, 0.2) is 0 Å². The number of nitrogens with zero attached hydrogens (tertiary/aromatic N) is 2. The molecule has 0 bridgehead atoms. The molecule has 0 radical (unpaired) electrons. The third-order valence-corrected chi connectivity index (χ3v) is 4.26. The molecule has 0 atom stereocenters. The molecule has 2 aromatic rings. The summed E-state index contributed by atoms with van der Waals surface area (Å²) in [6.45, 7) is 3.74. The summed E-state index contributed by atoms with van der Waals surface area (Å²) in [5, 5.41) is 10.9. The average Bonchev–Trinajstić information content (AvgIpc) is 3.02. The Labute approximate surface area is 129 Å². The predicted octanol–water partition coefficient (Wildman–Crippen LogP) is 1.40. The van der Waals surface area contributed by atoms with Crippen molar-refractivity contribution in [3.8, 4) is 0 Å². The number of aromatic nitrogens is 2. The van der Waals surface area contributed by atoms with Crippen molar-refractivity contribution in [3.63, 3.8) is 0 Å². The Morgan fingerprint density at radius 3 is 3.05 bits per heavy atom. The molecule has 2 N–H and O–H groups in total. The lowest BCUT2D eigenvalue weighted by Gasteiger charge is -2.32. The topological polar surface area (TPSA) is 70.2 Å². The quantitative estimate of drug-likeness (QED) is 0.876. The van der Waals surface area contributed by atoms with Gasteiger partial charge in [0, 0.05) is 38.2 Å². The lowest BCUT2D eigenvalue weighted by atomic mass is 10.0. The Bertz CT molecular complexity index is 632. The van der Waals surface area contributed by atoms with Crippen LogP contribution in [0.15, 0.2) is 24.4 Å². The number of H-pyrrole nitrogens is 1. The minimum Gasteiger partial charge on any atom is -0.383 e. The molecule has 1 aromatic carbocycles. The third kappa shape index (κ3) is 3.28. The highest BCUT2D eigenvalue weighted by Gasteiger charge is 2.21. The van der Waals surface area contributed by atoms with Crippen LogP contribution in [0.5, 0.6) is 0 Å². The van der Waals surface area contributed by atoms with Gasteiger partial charge in [-0.15, -0.1) is 0 Å². The zero-order valence-electron chi connectivity index (χ0n) is 12.8. The van der Waals surface area contributed by atoms with Crippen LogP contribution in [0.2, 0.25) is 0 Å². The van der Waals surface area contributed by atoms with Gasteiger partial charge in [-0.05, 0) is 25.0 Å². The molecule has 118 valence electrons. The van der Waals surface area contributed by atoms with E-state index in [1.165, 1.54) is 0 Å². The molecular formula is C16H22N4O2. The van der Waals surface area contributed by atoms with Crippen molar-refractivity contribution in [1.82, 2.24) is 20.4 Å². The standard InChI is InChI=1S/C16H22N4O2/c1-22-10-9-20-7-5-12(6-8-20)18-16(21)13-3-2-4-15-14(13)11-17-19-15/h2-4,11-12H,5-10H2,1H3,(H,17,19)(H,18,21). The second-order valence-corrected chi connectivity index (χ2v) is 5.72. The van der Waals surface area contributed by atoms with Crippen molar-refractivity contribution in [2.45, 2.75) is 18.9 Å². The van der Waals surface area contributed by atoms with Crippen LogP contribution < -0.4 is 5.32 Å². The van der Waals surface area contributed by atoms with Gasteiger partial charge in [0.1, 0.15) is 0 Å². The van der Waals surface area contributed by atoms with E-state index in [9.17, 15) is 4.79 Å². The van der Waals surface area contributed by atoms with Gasteiger partial charge in [-0.3, -0.25) is 9.89 Å².